The molecule has 5 rings (SSSR count). The third-order valence-corrected chi connectivity index (χ3v) is 7.32. The van der Waals surface area contributed by atoms with Gasteiger partial charge in [0.25, 0.3) is 5.91 Å². The lowest BCUT2D eigenvalue weighted by Gasteiger charge is -2.33. The maximum atomic E-state index is 15.0. The molecule has 164 valence electrons. The molecule has 6 heteroatoms. The molecule has 2 aliphatic rings. The Morgan fingerprint density at radius 2 is 1.75 bits per heavy atom. The number of rotatable bonds is 5. The number of nitrogens with zero attached hydrogens (tertiary/aromatic N) is 2. The van der Waals surface area contributed by atoms with E-state index in [0.29, 0.717) is 0 Å². The summed E-state index contributed by atoms with van der Waals surface area (Å²) in [5, 5.41) is 1.91. The second-order valence-electron chi connectivity index (χ2n) is 8.43. The summed E-state index contributed by atoms with van der Waals surface area (Å²) in [6.07, 6.45) is 5.40. The molecule has 1 aliphatic heterocycles. The number of carbonyl (C=O) groups is 2. The fourth-order valence-corrected chi connectivity index (χ4v) is 5.69. The molecule has 2 aromatic carbocycles. The van der Waals surface area contributed by atoms with Crippen molar-refractivity contribution in [1.29, 1.82) is 0 Å². The predicted octanol–water partition coefficient (Wildman–Crippen LogP) is 5.88. The molecule has 0 spiro atoms. The van der Waals surface area contributed by atoms with Gasteiger partial charge in [-0.1, -0.05) is 55.7 Å². The fraction of sp³-hybridized carbons (Fsp3) is 0.308. The number of fused-ring (bicyclic) bond motifs is 1. The number of thiophene rings is 1. The summed E-state index contributed by atoms with van der Waals surface area (Å²) in [7, 11) is 0. The number of para-hydroxylation sites is 2. The highest BCUT2D eigenvalue weighted by atomic mass is 32.1. The molecule has 1 unspecified atom stereocenters. The van der Waals surface area contributed by atoms with E-state index in [0.717, 1.165) is 41.8 Å². The molecule has 1 atom stereocenters. The Hall–Kier alpha value is -2.99. The summed E-state index contributed by atoms with van der Waals surface area (Å²) in [4.78, 5) is 31.6. The summed E-state index contributed by atoms with van der Waals surface area (Å²) in [6.45, 7) is 0. The zero-order valence-electron chi connectivity index (χ0n) is 17.7. The van der Waals surface area contributed by atoms with E-state index in [2.05, 4.69) is 0 Å². The van der Waals surface area contributed by atoms with Crippen molar-refractivity contribution in [3.05, 3.63) is 82.3 Å². The molecule has 3 aromatic rings. The van der Waals surface area contributed by atoms with E-state index in [1.165, 1.54) is 28.7 Å². The van der Waals surface area contributed by atoms with Crippen LogP contribution in [0.25, 0.3) is 0 Å². The summed E-state index contributed by atoms with van der Waals surface area (Å²) in [5.41, 5.74) is 1.76. The van der Waals surface area contributed by atoms with Gasteiger partial charge >= 0.3 is 0 Å². The van der Waals surface area contributed by atoms with Crippen LogP contribution in [0.3, 0.4) is 0 Å². The van der Waals surface area contributed by atoms with Gasteiger partial charge in [-0.2, -0.15) is 0 Å². The molecular weight excluding hydrogens is 423 g/mol. The zero-order valence-corrected chi connectivity index (χ0v) is 18.6. The van der Waals surface area contributed by atoms with E-state index in [-0.39, 0.29) is 30.0 Å². The van der Waals surface area contributed by atoms with Gasteiger partial charge in [0.15, 0.2) is 0 Å². The quantitative estimate of drug-likeness (QED) is 0.489. The molecule has 0 bridgehead atoms. The van der Waals surface area contributed by atoms with E-state index < -0.39 is 11.9 Å². The van der Waals surface area contributed by atoms with Crippen LogP contribution < -0.4 is 9.80 Å². The van der Waals surface area contributed by atoms with Crippen molar-refractivity contribution in [2.45, 2.75) is 50.6 Å². The maximum absolute atomic E-state index is 15.0. The highest BCUT2D eigenvalue weighted by molar-refractivity contribution is 7.10. The van der Waals surface area contributed by atoms with E-state index in [9.17, 15) is 14.0 Å². The van der Waals surface area contributed by atoms with Crippen molar-refractivity contribution < 1.29 is 14.0 Å². The van der Waals surface area contributed by atoms with Gasteiger partial charge in [0.2, 0.25) is 5.91 Å². The van der Waals surface area contributed by atoms with Crippen LogP contribution in [0.4, 0.5) is 15.8 Å². The lowest BCUT2D eigenvalue weighted by atomic mass is 9.94. The number of benzene rings is 2. The minimum absolute atomic E-state index is 0.122. The minimum atomic E-state index is -0.863. The van der Waals surface area contributed by atoms with Gasteiger partial charge < -0.3 is 4.90 Å². The molecule has 0 radical (unpaired) electrons. The Morgan fingerprint density at radius 1 is 1.00 bits per heavy atom. The van der Waals surface area contributed by atoms with Crippen LogP contribution >= 0.6 is 11.3 Å². The van der Waals surface area contributed by atoms with Gasteiger partial charge in [0.1, 0.15) is 11.9 Å². The minimum Gasteiger partial charge on any atom is -0.307 e. The molecule has 2 heterocycles. The van der Waals surface area contributed by atoms with Crippen molar-refractivity contribution in [2.24, 2.45) is 0 Å². The average Bonchev–Trinajstić information content (AvgIpc) is 3.42. The first-order valence-electron chi connectivity index (χ1n) is 11.2. The van der Waals surface area contributed by atoms with E-state index in [1.807, 2.05) is 46.7 Å². The van der Waals surface area contributed by atoms with Crippen molar-refractivity contribution in [3.8, 4) is 0 Å². The predicted molar refractivity (Wildman–Crippen MR) is 125 cm³/mol. The fourth-order valence-electron chi connectivity index (χ4n) is 5.00. The highest BCUT2D eigenvalue weighted by Gasteiger charge is 2.46. The number of hydrogen-bond acceptors (Lipinski definition) is 3. The van der Waals surface area contributed by atoms with Crippen molar-refractivity contribution in [2.75, 3.05) is 9.80 Å². The molecule has 1 saturated carbocycles. The molecule has 1 fully saturated rings. The first kappa shape index (κ1) is 20.9. The van der Waals surface area contributed by atoms with Gasteiger partial charge in [0.05, 0.1) is 12.1 Å². The first-order chi connectivity index (χ1) is 15.6. The van der Waals surface area contributed by atoms with Crippen LogP contribution in [0.1, 0.15) is 48.6 Å². The normalized spacial score (nSPS) is 18.6. The second-order valence-corrected chi connectivity index (χ2v) is 9.46. The summed E-state index contributed by atoms with van der Waals surface area (Å²) in [6, 6.07) is 16.9. The van der Waals surface area contributed by atoms with Gasteiger partial charge in [-0.3, -0.25) is 14.5 Å². The maximum Gasteiger partial charge on any atom is 0.255 e. The molecule has 1 aliphatic carbocycles. The summed E-state index contributed by atoms with van der Waals surface area (Å²) < 4.78 is 15.0. The third kappa shape index (κ3) is 3.73. The second kappa shape index (κ2) is 8.87. The van der Waals surface area contributed by atoms with Crippen LogP contribution in [0.15, 0.2) is 66.0 Å². The molecule has 32 heavy (non-hydrogen) atoms. The number of hydrogen-bond donors (Lipinski definition) is 0. The van der Waals surface area contributed by atoms with Crippen molar-refractivity contribution >= 4 is 34.5 Å². The van der Waals surface area contributed by atoms with Crippen molar-refractivity contribution in [3.63, 3.8) is 0 Å². The SMILES string of the molecule is O=C1C(N(C(=O)Cc2cccs2)c2ccccc2F)c2ccccc2N1C1CCCCC1. The number of carbonyl (C=O) groups excluding carboxylic acids is 2. The topological polar surface area (TPSA) is 40.6 Å². The lowest BCUT2D eigenvalue weighted by Crippen LogP contribution is -2.46. The Kier molecular flexibility index (Phi) is 5.79. The third-order valence-electron chi connectivity index (χ3n) is 6.45. The number of anilines is 2. The Morgan fingerprint density at radius 3 is 2.50 bits per heavy atom. The van der Waals surface area contributed by atoms with Crippen molar-refractivity contribution in [1.82, 2.24) is 0 Å². The molecule has 0 N–H and O–H groups in total. The van der Waals surface area contributed by atoms with E-state index in [1.54, 1.807) is 18.2 Å². The standard InChI is InChI=1S/C26H25FN2O2S/c27-21-13-5-7-15-23(21)29(24(30)17-19-11-8-16-32-19)25-20-12-4-6-14-22(20)28(26(25)31)18-9-2-1-3-10-18/h4-8,11-16,18,25H,1-3,9-10,17H2. The van der Waals surface area contributed by atoms with Crippen LogP contribution in [0.2, 0.25) is 0 Å². The van der Waals surface area contributed by atoms with Gasteiger partial charge in [-0.05, 0) is 42.5 Å². The lowest BCUT2D eigenvalue weighted by molar-refractivity contribution is -0.124. The largest absolute Gasteiger partial charge is 0.307 e. The summed E-state index contributed by atoms with van der Waals surface area (Å²) in [5.74, 6) is -0.925. The zero-order chi connectivity index (χ0) is 22.1. The van der Waals surface area contributed by atoms with Crippen LogP contribution in [0, 0.1) is 5.82 Å². The summed E-state index contributed by atoms with van der Waals surface area (Å²) >= 11 is 1.48. The Bertz CT molecular complexity index is 1120. The number of amides is 2. The van der Waals surface area contributed by atoms with Gasteiger partial charge in [-0.25, -0.2) is 4.39 Å². The Labute approximate surface area is 191 Å². The molecule has 1 aromatic heterocycles. The molecular formula is C26H25FN2O2S. The van der Waals surface area contributed by atoms with E-state index >= 15 is 0 Å². The van der Waals surface area contributed by atoms with Crippen LogP contribution in [0.5, 0.6) is 0 Å². The van der Waals surface area contributed by atoms with E-state index in [4.69, 9.17) is 0 Å². The first-order valence-corrected chi connectivity index (χ1v) is 12.0. The van der Waals surface area contributed by atoms with Gasteiger partial charge in [-0.15, -0.1) is 11.3 Å². The molecule has 4 nitrogen and oxygen atoms in total. The highest BCUT2D eigenvalue weighted by Crippen LogP contribution is 2.44. The van der Waals surface area contributed by atoms with Crippen LogP contribution in [-0.2, 0) is 16.0 Å². The van der Waals surface area contributed by atoms with Gasteiger partial charge in [0, 0.05) is 22.2 Å². The van der Waals surface area contributed by atoms with Crippen LogP contribution in [-0.4, -0.2) is 17.9 Å². The monoisotopic (exact) mass is 448 g/mol. The Balaban J connectivity index is 1.59. The molecule has 0 saturated heterocycles. The smallest absolute Gasteiger partial charge is 0.255 e. The number of halogens is 1. The molecule has 2 amide bonds. The average molecular weight is 449 g/mol.